The van der Waals surface area contributed by atoms with Crippen LogP contribution in [0.5, 0.6) is 0 Å². The van der Waals surface area contributed by atoms with Crippen molar-refractivity contribution in [3.05, 3.63) is 71.8 Å². The van der Waals surface area contributed by atoms with Crippen molar-refractivity contribution < 1.29 is 14.3 Å². The van der Waals surface area contributed by atoms with Crippen LogP contribution in [0, 0.1) is 0 Å². The molecule has 0 unspecified atom stereocenters. The molecule has 0 fully saturated rings. The maximum atomic E-state index is 12.9. The van der Waals surface area contributed by atoms with E-state index < -0.39 is 0 Å². The molecule has 1 aliphatic rings. The van der Waals surface area contributed by atoms with Gasteiger partial charge in [-0.1, -0.05) is 55.1 Å². The fourth-order valence-electron chi connectivity index (χ4n) is 3.51. The van der Waals surface area contributed by atoms with Crippen molar-refractivity contribution in [2.75, 3.05) is 6.61 Å². The number of Topliss-reactive ketones (excluding diaryl/α,β-unsaturated/α-hetero) is 1. The van der Waals surface area contributed by atoms with E-state index in [2.05, 4.69) is 30.8 Å². The van der Waals surface area contributed by atoms with Gasteiger partial charge in [-0.05, 0) is 48.4 Å². The van der Waals surface area contributed by atoms with E-state index in [1.165, 1.54) is 11.1 Å². The Morgan fingerprint density at radius 2 is 1.50 bits per heavy atom. The fourth-order valence-corrected chi connectivity index (χ4v) is 3.51. The van der Waals surface area contributed by atoms with E-state index in [0.29, 0.717) is 18.6 Å². The molecule has 0 saturated heterocycles. The largest absolute Gasteiger partial charge is 0.462 e. The molecule has 0 aromatic heterocycles. The van der Waals surface area contributed by atoms with Gasteiger partial charge in [-0.3, -0.25) is 4.79 Å². The SMILES string of the molecule is C=C(C)C(=O)OCCCCCC(=O)C1c2ccccc2-c2ccccc21. The molecule has 3 nitrogen and oxygen atoms in total. The topological polar surface area (TPSA) is 43.4 Å². The molecule has 0 aliphatic heterocycles. The van der Waals surface area contributed by atoms with Crippen molar-refractivity contribution in [1.82, 2.24) is 0 Å². The lowest BCUT2D eigenvalue weighted by atomic mass is 9.90. The molecule has 2 aromatic rings. The van der Waals surface area contributed by atoms with Gasteiger partial charge in [-0.15, -0.1) is 0 Å². The first kappa shape index (κ1) is 18.1. The number of hydrogen-bond acceptors (Lipinski definition) is 3. The smallest absolute Gasteiger partial charge is 0.333 e. The highest BCUT2D eigenvalue weighted by atomic mass is 16.5. The maximum absolute atomic E-state index is 12.9. The van der Waals surface area contributed by atoms with Crippen LogP contribution in [0.25, 0.3) is 11.1 Å². The second-order valence-corrected chi connectivity index (χ2v) is 6.80. The monoisotopic (exact) mass is 348 g/mol. The van der Waals surface area contributed by atoms with Crippen LogP contribution in [-0.4, -0.2) is 18.4 Å². The Bertz CT molecular complexity index is 789. The molecule has 3 heteroatoms. The molecule has 0 amide bonds. The number of ketones is 1. The first-order valence-electron chi connectivity index (χ1n) is 9.13. The van der Waals surface area contributed by atoms with E-state index in [4.69, 9.17) is 4.74 Å². The van der Waals surface area contributed by atoms with Gasteiger partial charge in [0.15, 0.2) is 0 Å². The molecule has 0 spiro atoms. The summed E-state index contributed by atoms with van der Waals surface area (Å²) >= 11 is 0. The predicted molar refractivity (Wildman–Crippen MR) is 103 cm³/mol. The number of carbonyl (C=O) groups excluding carboxylic acids is 2. The van der Waals surface area contributed by atoms with Crippen molar-refractivity contribution in [2.45, 2.75) is 38.5 Å². The minimum Gasteiger partial charge on any atom is -0.462 e. The minimum absolute atomic E-state index is 0.149. The van der Waals surface area contributed by atoms with Crippen molar-refractivity contribution >= 4 is 11.8 Å². The quantitative estimate of drug-likeness (QED) is 0.381. The zero-order chi connectivity index (χ0) is 18.5. The molecule has 0 radical (unpaired) electrons. The first-order valence-corrected chi connectivity index (χ1v) is 9.13. The van der Waals surface area contributed by atoms with Crippen molar-refractivity contribution in [2.24, 2.45) is 0 Å². The number of ether oxygens (including phenoxy) is 1. The van der Waals surface area contributed by atoms with Crippen molar-refractivity contribution in [3.8, 4) is 11.1 Å². The molecule has 3 rings (SSSR count). The number of hydrogen-bond donors (Lipinski definition) is 0. The number of benzene rings is 2. The van der Waals surface area contributed by atoms with Crippen LogP contribution in [0.1, 0.15) is 49.7 Å². The highest BCUT2D eigenvalue weighted by Gasteiger charge is 2.32. The molecule has 26 heavy (non-hydrogen) atoms. The molecule has 0 bridgehead atoms. The van der Waals surface area contributed by atoms with Crippen LogP contribution >= 0.6 is 0 Å². The number of fused-ring (bicyclic) bond motifs is 3. The standard InChI is InChI=1S/C23H24O3/c1-16(2)23(25)26-15-9-3-4-14-21(24)22-19-12-7-5-10-17(19)18-11-6-8-13-20(18)22/h5-8,10-13,22H,1,3-4,9,14-15H2,2H3. The Balaban J connectivity index is 1.56. The second-order valence-electron chi connectivity index (χ2n) is 6.80. The van der Waals surface area contributed by atoms with Crippen LogP contribution in [0.15, 0.2) is 60.7 Å². The highest BCUT2D eigenvalue weighted by Crippen LogP contribution is 2.45. The Kier molecular flexibility index (Phi) is 5.67. The summed E-state index contributed by atoms with van der Waals surface area (Å²) in [5, 5.41) is 0. The Hall–Kier alpha value is -2.68. The zero-order valence-electron chi connectivity index (χ0n) is 15.2. The van der Waals surface area contributed by atoms with E-state index in [1.807, 2.05) is 24.3 Å². The lowest BCUT2D eigenvalue weighted by Crippen LogP contribution is -2.11. The summed E-state index contributed by atoms with van der Waals surface area (Å²) in [6, 6.07) is 16.4. The third-order valence-electron chi connectivity index (χ3n) is 4.80. The molecule has 0 atom stereocenters. The summed E-state index contributed by atoms with van der Waals surface area (Å²) in [5.41, 5.74) is 5.00. The second kappa shape index (κ2) is 8.13. The highest BCUT2D eigenvalue weighted by molar-refractivity contribution is 5.97. The molecule has 2 aromatic carbocycles. The molecular weight excluding hydrogens is 324 g/mol. The van der Waals surface area contributed by atoms with Crippen LogP contribution in [0.3, 0.4) is 0 Å². The van der Waals surface area contributed by atoms with E-state index in [9.17, 15) is 9.59 Å². The van der Waals surface area contributed by atoms with Crippen LogP contribution in [-0.2, 0) is 14.3 Å². The van der Waals surface area contributed by atoms with Gasteiger partial charge in [0.25, 0.3) is 0 Å². The third kappa shape index (κ3) is 3.77. The molecule has 0 heterocycles. The van der Waals surface area contributed by atoms with Gasteiger partial charge < -0.3 is 4.74 Å². The lowest BCUT2D eigenvalue weighted by molar-refractivity contribution is -0.139. The van der Waals surface area contributed by atoms with E-state index in [0.717, 1.165) is 30.4 Å². The molecule has 0 N–H and O–H groups in total. The van der Waals surface area contributed by atoms with Gasteiger partial charge in [-0.2, -0.15) is 0 Å². The zero-order valence-corrected chi connectivity index (χ0v) is 15.2. The molecule has 0 saturated carbocycles. The van der Waals surface area contributed by atoms with Gasteiger partial charge in [0.05, 0.1) is 12.5 Å². The number of rotatable bonds is 8. The fraction of sp³-hybridized carbons (Fsp3) is 0.304. The van der Waals surface area contributed by atoms with Crippen LogP contribution in [0.4, 0.5) is 0 Å². The Morgan fingerprint density at radius 3 is 2.08 bits per heavy atom. The average Bonchev–Trinajstić information content (AvgIpc) is 2.98. The van der Waals surface area contributed by atoms with Gasteiger partial charge in [0.2, 0.25) is 0 Å². The van der Waals surface area contributed by atoms with Gasteiger partial charge in [0, 0.05) is 12.0 Å². The average molecular weight is 348 g/mol. The van der Waals surface area contributed by atoms with Gasteiger partial charge in [0.1, 0.15) is 5.78 Å². The van der Waals surface area contributed by atoms with E-state index in [1.54, 1.807) is 6.92 Å². The summed E-state index contributed by atoms with van der Waals surface area (Å²) < 4.78 is 5.08. The lowest BCUT2D eigenvalue weighted by Gasteiger charge is -2.12. The number of carbonyl (C=O) groups is 2. The Morgan fingerprint density at radius 1 is 0.923 bits per heavy atom. The summed E-state index contributed by atoms with van der Waals surface area (Å²) in [5.74, 6) is -0.231. The first-order chi connectivity index (χ1) is 12.6. The van der Waals surface area contributed by atoms with E-state index in [-0.39, 0.29) is 17.7 Å². The predicted octanol–water partition coefficient (Wildman–Crippen LogP) is 5.05. The molecule has 134 valence electrons. The van der Waals surface area contributed by atoms with Gasteiger partial charge >= 0.3 is 5.97 Å². The molecular formula is C23H24O3. The Labute approximate surface area is 154 Å². The van der Waals surface area contributed by atoms with Gasteiger partial charge in [-0.25, -0.2) is 4.79 Å². The van der Waals surface area contributed by atoms with Crippen LogP contribution < -0.4 is 0 Å². The minimum atomic E-state index is -0.347. The third-order valence-corrected chi connectivity index (χ3v) is 4.80. The number of esters is 1. The molecule has 1 aliphatic carbocycles. The van der Waals surface area contributed by atoms with E-state index >= 15 is 0 Å². The van der Waals surface area contributed by atoms with Crippen molar-refractivity contribution in [1.29, 1.82) is 0 Å². The number of unbranched alkanes of at least 4 members (excludes halogenated alkanes) is 2. The summed E-state index contributed by atoms with van der Waals surface area (Å²) in [4.78, 5) is 24.2. The summed E-state index contributed by atoms with van der Waals surface area (Å²) in [7, 11) is 0. The summed E-state index contributed by atoms with van der Waals surface area (Å²) in [6.07, 6.45) is 2.99. The van der Waals surface area contributed by atoms with Crippen molar-refractivity contribution in [3.63, 3.8) is 0 Å². The maximum Gasteiger partial charge on any atom is 0.333 e. The van der Waals surface area contributed by atoms with Crippen LogP contribution in [0.2, 0.25) is 0 Å². The summed E-state index contributed by atoms with van der Waals surface area (Å²) in [6.45, 7) is 5.58. The normalized spacial score (nSPS) is 12.3.